The van der Waals surface area contributed by atoms with E-state index in [-0.39, 0.29) is 11.4 Å². The van der Waals surface area contributed by atoms with Crippen molar-refractivity contribution in [2.24, 2.45) is 0 Å². The topological polar surface area (TPSA) is 55.1 Å². The fourth-order valence-electron chi connectivity index (χ4n) is 3.23. The molecule has 1 saturated heterocycles. The molecule has 136 valence electrons. The Balaban J connectivity index is 1.53. The molecule has 5 nitrogen and oxygen atoms in total. The van der Waals surface area contributed by atoms with E-state index in [1.54, 1.807) is 18.3 Å². The van der Waals surface area contributed by atoms with Crippen LogP contribution in [-0.4, -0.2) is 33.6 Å². The molecule has 0 bridgehead atoms. The Hall–Kier alpha value is -3.04. The summed E-state index contributed by atoms with van der Waals surface area (Å²) in [5.74, 6) is 6.69. The van der Waals surface area contributed by atoms with E-state index in [1.165, 1.54) is 12.1 Å². The third kappa shape index (κ3) is 3.46. The summed E-state index contributed by atoms with van der Waals surface area (Å²) in [4.78, 5) is 11.2. The standard InChI is InChI=1S/C21H19FN4O/c1-21(11-4-12-26(21)2)20-24-19(25-27-20)18-10-9-16(14-23-18)8-7-15-5-3-6-17(22)13-15/h3,5-6,9-10,13-14H,4,11-12H2,1-2H3. The maximum absolute atomic E-state index is 13.2. The van der Waals surface area contributed by atoms with Crippen molar-refractivity contribution in [1.82, 2.24) is 20.0 Å². The fourth-order valence-corrected chi connectivity index (χ4v) is 3.23. The Kier molecular flexibility index (Phi) is 4.46. The molecule has 1 aliphatic heterocycles. The van der Waals surface area contributed by atoms with Crippen molar-refractivity contribution < 1.29 is 8.91 Å². The van der Waals surface area contributed by atoms with Crippen LogP contribution < -0.4 is 0 Å². The Morgan fingerprint density at radius 1 is 1.19 bits per heavy atom. The molecule has 2 aromatic heterocycles. The molecule has 3 aromatic rings. The lowest BCUT2D eigenvalue weighted by molar-refractivity contribution is 0.143. The normalized spacial score (nSPS) is 19.7. The Labute approximate surface area is 157 Å². The smallest absolute Gasteiger partial charge is 0.247 e. The van der Waals surface area contributed by atoms with Crippen molar-refractivity contribution in [2.45, 2.75) is 25.3 Å². The van der Waals surface area contributed by atoms with E-state index in [9.17, 15) is 4.39 Å². The number of likely N-dealkylation sites (tertiary alicyclic amines) is 1. The van der Waals surface area contributed by atoms with Crippen LogP contribution in [0.25, 0.3) is 11.5 Å². The van der Waals surface area contributed by atoms with Crippen LogP contribution in [0.15, 0.2) is 47.1 Å². The lowest BCUT2D eigenvalue weighted by atomic mass is 9.99. The highest BCUT2D eigenvalue weighted by Gasteiger charge is 2.40. The second-order valence-electron chi connectivity index (χ2n) is 6.91. The quantitative estimate of drug-likeness (QED) is 0.652. The van der Waals surface area contributed by atoms with Gasteiger partial charge in [-0.25, -0.2) is 4.39 Å². The summed E-state index contributed by atoms with van der Waals surface area (Å²) in [5, 5.41) is 4.09. The molecule has 1 unspecified atom stereocenters. The van der Waals surface area contributed by atoms with E-state index < -0.39 is 0 Å². The predicted octanol–water partition coefficient (Wildman–Crippen LogP) is 3.61. The number of aromatic nitrogens is 3. The van der Waals surface area contributed by atoms with E-state index in [2.05, 4.69) is 45.8 Å². The third-order valence-electron chi connectivity index (χ3n) is 5.05. The summed E-state index contributed by atoms with van der Waals surface area (Å²) < 4.78 is 18.7. The van der Waals surface area contributed by atoms with Gasteiger partial charge in [0, 0.05) is 17.3 Å². The Morgan fingerprint density at radius 3 is 2.74 bits per heavy atom. The van der Waals surface area contributed by atoms with Crippen molar-refractivity contribution in [1.29, 1.82) is 0 Å². The van der Waals surface area contributed by atoms with Crippen LogP contribution in [0.4, 0.5) is 4.39 Å². The molecule has 3 heterocycles. The molecule has 1 fully saturated rings. The maximum Gasteiger partial charge on any atom is 0.247 e. The van der Waals surface area contributed by atoms with Gasteiger partial charge in [0.05, 0.1) is 5.54 Å². The maximum atomic E-state index is 13.2. The molecule has 1 aromatic carbocycles. The number of rotatable bonds is 2. The summed E-state index contributed by atoms with van der Waals surface area (Å²) in [6.45, 7) is 3.14. The highest BCUT2D eigenvalue weighted by molar-refractivity contribution is 5.51. The second kappa shape index (κ2) is 6.93. The largest absolute Gasteiger partial charge is 0.337 e. The average molecular weight is 362 g/mol. The van der Waals surface area contributed by atoms with Gasteiger partial charge in [0.1, 0.15) is 11.5 Å². The van der Waals surface area contributed by atoms with Crippen LogP contribution in [0.3, 0.4) is 0 Å². The minimum atomic E-state index is -0.301. The molecule has 0 N–H and O–H groups in total. The number of pyridine rings is 1. The molecular weight excluding hydrogens is 343 g/mol. The van der Waals surface area contributed by atoms with Crippen LogP contribution in [0.2, 0.25) is 0 Å². The first-order valence-corrected chi connectivity index (χ1v) is 8.84. The van der Waals surface area contributed by atoms with Crippen LogP contribution in [-0.2, 0) is 5.54 Å². The highest BCUT2D eigenvalue weighted by atomic mass is 19.1. The molecule has 0 saturated carbocycles. The SMILES string of the molecule is CN1CCCC1(C)c1nc(-c2ccc(C#Cc3cccc(F)c3)cn2)no1. The van der Waals surface area contributed by atoms with Gasteiger partial charge in [-0.05, 0) is 63.7 Å². The van der Waals surface area contributed by atoms with Gasteiger partial charge >= 0.3 is 0 Å². The van der Waals surface area contributed by atoms with E-state index in [1.807, 2.05) is 12.1 Å². The lowest BCUT2D eigenvalue weighted by Gasteiger charge is -2.27. The van der Waals surface area contributed by atoms with Crippen molar-refractivity contribution in [3.63, 3.8) is 0 Å². The third-order valence-corrected chi connectivity index (χ3v) is 5.05. The minimum absolute atomic E-state index is 0.221. The molecule has 0 radical (unpaired) electrons. The lowest BCUT2D eigenvalue weighted by Crippen LogP contribution is -2.35. The number of halogens is 1. The monoisotopic (exact) mass is 362 g/mol. The van der Waals surface area contributed by atoms with Gasteiger partial charge < -0.3 is 4.52 Å². The van der Waals surface area contributed by atoms with Crippen LogP contribution >= 0.6 is 0 Å². The highest BCUT2D eigenvalue weighted by Crippen LogP contribution is 2.36. The molecular formula is C21H19FN4O. The first-order chi connectivity index (χ1) is 13.0. The van der Waals surface area contributed by atoms with Crippen molar-refractivity contribution in [3.05, 3.63) is 65.4 Å². The van der Waals surface area contributed by atoms with Gasteiger partial charge in [0.2, 0.25) is 11.7 Å². The Morgan fingerprint density at radius 2 is 2.04 bits per heavy atom. The summed E-state index contributed by atoms with van der Waals surface area (Å²) in [5.41, 5.74) is 1.76. The van der Waals surface area contributed by atoms with Gasteiger partial charge in [-0.1, -0.05) is 23.1 Å². The van der Waals surface area contributed by atoms with E-state index in [0.717, 1.165) is 24.9 Å². The van der Waals surface area contributed by atoms with Crippen LogP contribution in [0, 0.1) is 17.7 Å². The minimum Gasteiger partial charge on any atom is -0.337 e. The van der Waals surface area contributed by atoms with Crippen LogP contribution in [0.5, 0.6) is 0 Å². The molecule has 0 spiro atoms. The molecule has 4 rings (SSSR count). The van der Waals surface area contributed by atoms with Gasteiger partial charge in [0.25, 0.3) is 0 Å². The zero-order chi connectivity index (χ0) is 18.9. The first-order valence-electron chi connectivity index (χ1n) is 8.84. The Bertz CT molecular complexity index is 1020. The molecule has 0 aliphatic carbocycles. The number of hydrogen-bond acceptors (Lipinski definition) is 5. The summed E-state index contributed by atoms with van der Waals surface area (Å²) in [6, 6.07) is 9.84. The van der Waals surface area contributed by atoms with E-state index in [4.69, 9.17) is 4.52 Å². The van der Waals surface area contributed by atoms with Crippen molar-refractivity contribution in [2.75, 3.05) is 13.6 Å². The number of nitrogens with zero attached hydrogens (tertiary/aromatic N) is 4. The van der Waals surface area contributed by atoms with Crippen molar-refractivity contribution >= 4 is 0 Å². The zero-order valence-corrected chi connectivity index (χ0v) is 15.2. The fraction of sp³-hybridized carbons (Fsp3) is 0.286. The molecule has 27 heavy (non-hydrogen) atoms. The zero-order valence-electron chi connectivity index (χ0n) is 15.2. The van der Waals surface area contributed by atoms with Crippen molar-refractivity contribution in [3.8, 4) is 23.4 Å². The van der Waals surface area contributed by atoms with E-state index in [0.29, 0.717) is 23.0 Å². The average Bonchev–Trinajstić information content (AvgIpc) is 3.29. The number of benzene rings is 1. The summed E-state index contributed by atoms with van der Waals surface area (Å²) in [6.07, 6.45) is 3.76. The molecule has 1 aliphatic rings. The van der Waals surface area contributed by atoms with Gasteiger partial charge in [0.15, 0.2) is 0 Å². The number of hydrogen-bond donors (Lipinski definition) is 0. The molecule has 1 atom stereocenters. The first kappa shape index (κ1) is 17.4. The van der Waals surface area contributed by atoms with Gasteiger partial charge in [-0.3, -0.25) is 9.88 Å². The summed E-state index contributed by atoms with van der Waals surface area (Å²) in [7, 11) is 2.07. The van der Waals surface area contributed by atoms with E-state index >= 15 is 0 Å². The molecule has 6 heteroatoms. The molecule has 0 amide bonds. The second-order valence-corrected chi connectivity index (χ2v) is 6.91. The van der Waals surface area contributed by atoms with Crippen LogP contribution in [0.1, 0.15) is 36.8 Å². The van der Waals surface area contributed by atoms with Gasteiger partial charge in [-0.2, -0.15) is 4.98 Å². The predicted molar refractivity (Wildman–Crippen MR) is 99.1 cm³/mol. The van der Waals surface area contributed by atoms with Gasteiger partial charge in [-0.15, -0.1) is 0 Å². The summed E-state index contributed by atoms with van der Waals surface area (Å²) >= 11 is 0.